The highest BCUT2D eigenvalue weighted by molar-refractivity contribution is 5.85. The Morgan fingerprint density at radius 1 is 1.41 bits per heavy atom. The molecule has 0 amide bonds. The van der Waals surface area contributed by atoms with Gasteiger partial charge in [-0.2, -0.15) is 0 Å². The first kappa shape index (κ1) is 11.3. The Morgan fingerprint density at radius 3 is 2.82 bits per heavy atom. The Hall–Kier alpha value is -2.17. The van der Waals surface area contributed by atoms with Gasteiger partial charge >= 0.3 is 5.97 Å². The fraction of sp³-hybridized carbons (Fsp3) is 0.250. The fourth-order valence-electron chi connectivity index (χ4n) is 1.67. The van der Waals surface area contributed by atoms with Crippen molar-refractivity contribution in [3.63, 3.8) is 0 Å². The first-order valence-electron chi connectivity index (χ1n) is 5.25. The van der Waals surface area contributed by atoms with Gasteiger partial charge in [-0.15, -0.1) is 0 Å². The number of pyridine rings is 1. The Labute approximate surface area is 98.8 Å². The van der Waals surface area contributed by atoms with E-state index in [2.05, 4.69) is 9.97 Å². The van der Waals surface area contributed by atoms with Gasteiger partial charge in [0.05, 0.1) is 18.4 Å². The van der Waals surface area contributed by atoms with Gasteiger partial charge in [-0.3, -0.25) is 4.98 Å². The molecule has 0 radical (unpaired) electrons. The number of nitrogens with zero attached hydrogens (tertiary/aromatic N) is 3. The van der Waals surface area contributed by atoms with Crippen molar-refractivity contribution in [3.8, 4) is 0 Å². The molecule has 0 spiro atoms. The number of carboxylic acid groups (broad SMARTS) is 1. The second-order valence-electron chi connectivity index (χ2n) is 3.85. The third kappa shape index (κ3) is 2.18. The van der Waals surface area contributed by atoms with Crippen LogP contribution in [0, 0.1) is 13.8 Å². The van der Waals surface area contributed by atoms with Crippen molar-refractivity contribution < 1.29 is 9.90 Å². The molecule has 0 aliphatic carbocycles. The average Bonchev–Trinajstić information content (AvgIpc) is 2.64. The normalized spacial score (nSPS) is 10.5. The van der Waals surface area contributed by atoms with Crippen LogP contribution in [0.15, 0.2) is 24.5 Å². The highest BCUT2D eigenvalue weighted by atomic mass is 16.4. The zero-order valence-corrected chi connectivity index (χ0v) is 9.71. The van der Waals surface area contributed by atoms with Crippen LogP contribution >= 0.6 is 0 Å². The van der Waals surface area contributed by atoms with E-state index >= 15 is 0 Å². The maximum atomic E-state index is 11.0. The standard InChI is InChI=1S/C12H13N3O2/c1-8-4-3-5-13-10(8)7-15-9(2)14-6-11(15)12(16)17/h3-6H,7H2,1-2H3,(H,16,17). The molecule has 17 heavy (non-hydrogen) atoms. The summed E-state index contributed by atoms with van der Waals surface area (Å²) in [4.78, 5) is 19.3. The number of aromatic carboxylic acids is 1. The molecule has 0 saturated carbocycles. The van der Waals surface area contributed by atoms with Crippen molar-refractivity contribution >= 4 is 5.97 Å². The van der Waals surface area contributed by atoms with Gasteiger partial charge in [0, 0.05) is 6.20 Å². The molecule has 1 N–H and O–H groups in total. The summed E-state index contributed by atoms with van der Waals surface area (Å²) in [6, 6.07) is 3.81. The van der Waals surface area contributed by atoms with Gasteiger partial charge in [-0.1, -0.05) is 6.07 Å². The van der Waals surface area contributed by atoms with Crippen LogP contribution in [-0.4, -0.2) is 25.6 Å². The number of hydrogen-bond donors (Lipinski definition) is 1. The quantitative estimate of drug-likeness (QED) is 0.871. The molecule has 0 bridgehead atoms. The van der Waals surface area contributed by atoms with E-state index in [0.29, 0.717) is 12.4 Å². The predicted molar refractivity (Wildman–Crippen MR) is 62.0 cm³/mol. The zero-order chi connectivity index (χ0) is 12.4. The SMILES string of the molecule is Cc1cccnc1Cn1c(C(=O)O)cnc1C. The smallest absolute Gasteiger partial charge is 0.354 e. The molecule has 0 aliphatic heterocycles. The lowest BCUT2D eigenvalue weighted by Crippen LogP contribution is -2.12. The van der Waals surface area contributed by atoms with Crippen LogP contribution in [0.5, 0.6) is 0 Å². The monoisotopic (exact) mass is 231 g/mol. The Bertz CT molecular complexity index is 561. The number of hydrogen-bond acceptors (Lipinski definition) is 3. The first-order valence-corrected chi connectivity index (χ1v) is 5.25. The number of rotatable bonds is 3. The number of carbonyl (C=O) groups is 1. The van der Waals surface area contributed by atoms with Crippen molar-refractivity contribution in [2.45, 2.75) is 20.4 Å². The zero-order valence-electron chi connectivity index (χ0n) is 9.71. The Balaban J connectivity index is 2.39. The first-order chi connectivity index (χ1) is 8.09. The molecule has 0 atom stereocenters. The number of carboxylic acids is 1. The average molecular weight is 231 g/mol. The summed E-state index contributed by atoms with van der Waals surface area (Å²) in [5, 5.41) is 9.05. The van der Waals surface area contributed by atoms with Gasteiger partial charge in [-0.05, 0) is 25.5 Å². The molecular formula is C12H13N3O2. The van der Waals surface area contributed by atoms with Crippen LogP contribution < -0.4 is 0 Å². The third-order valence-electron chi connectivity index (χ3n) is 2.70. The van der Waals surface area contributed by atoms with Gasteiger partial charge in [-0.25, -0.2) is 9.78 Å². The molecule has 2 heterocycles. The maximum absolute atomic E-state index is 11.0. The van der Waals surface area contributed by atoms with Gasteiger partial charge in [0.1, 0.15) is 11.5 Å². The lowest BCUT2D eigenvalue weighted by Gasteiger charge is -2.09. The van der Waals surface area contributed by atoms with Crippen molar-refractivity contribution in [1.82, 2.24) is 14.5 Å². The fourth-order valence-corrected chi connectivity index (χ4v) is 1.67. The predicted octanol–water partition coefficient (Wildman–Crippen LogP) is 1.64. The summed E-state index contributed by atoms with van der Waals surface area (Å²) in [6.07, 6.45) is 3.07. The number of aryl methyl sites for hydroxylation is 2. The van der Waals surface area contributed by atoms with Gasteiger partial charge in [0.25, 0.3) is 0 Å². The lowest BCUT2D eigenvalue weighted by molar-refractivity contribution is 0.0685. The molecular weight excluding hydrogens is 218 g/mol. The van der Waals surface area contributed by atoms with E-state index in [0.717, 1.165) is 11.3 Å². The van der Waals surface area contributed by atoms with Gasteiger partial charge in [0.2, 0.25) is 0 Å². The molecule has 5 nitrogen and oxygen atoms in total. The van der Waals surface area contributed by atoms with Gasteiger partial charge < -0.3 is 9.67 Å². The van der Waals surface area contributed by atoms with E-state index in [1.807, 2.05) is 19.1 Å². The van der Waals surface area contributed by atoms with Crippen molar-refractivity contribution in [1.29, 1.82) is 0 Å². The molecule has 88 valence electrons. The van der Waals surface area contributed by atoms with E-state index in [1.165, 1.54) is 6.20 Å². The topological polar surface area (TPSA) is 68.0 Å². The van der Waals surface area contributed by atoms with Crippen LogP contribution in [0.3, 0.4) is 0 Å². The van der Waals surface area contributed by atoms with Crippen LogP contribution in [0.2, 0.25) is 0 Å². The van der Waals surface area contributed by atoms with E-state index in [1.54, 1.807) is 17.7 Å². The summed E-state index contributed by atoms with van der Waals surface area (Å²) in [7, 11) is 0. The highest BCUT2D eigenvalue weighted by Crippen LogP contribution is 2.11. The summed E-state index contributed by atoms with van der Waals surface area (Å²) in [6.45, 7) is 4.17. The molecule has 0 fully saturated rings. The van der Waals surface area contributed by atoms with E-state index in [-0.39, 0.29) is 5.69 Å². The summed E-state index contributed by atoms with van der Waals surface area (Å²) >= 11 is 0. The van der Waals surface area contributed by atoms with Crippen molar-refractivity contribution in [2.75, 3.05) is 0 Å². The van der Waals surface area contributed by atoms with E-state index in [9.17, 15) is 4.79 Å². The Morgan fingerprint density at radius 2 is 2.18 bits per heavy atom. The minimum atomic E-state index is -0.973. The van der Waals surface area contributed by atoms with Crippen LogP contribution in [0.25, 0.3) is 0 Å². The molecule has 0 saturated heterocycles. The van der Waals surface area contributed by atoms with E-state index in [4.69, 9.17) is 5.11 Å². The minimum absolute atomic E-state index is 0.188. The molecule has 0 unspecified atom stereocenters. The lowest BCUT2D eigenvalue weighted by atomic mass is 10.2. The van der Waals surface area contributed by atoms with E-state index < -0.39 is 5.97 Å². The molecule has 2 aromatic heterocycles. The van der Waals surface area contributed by atoms with Crippen LogP contribution in [0.1, 0.15) is 27.6 Å². The molecule has 0 aliphatic rings. The number of aromatic nitrogens is 3. The van der Waals surface area contributed by atoms with Crippen LogP contribution in [0.4, 0.5) is 0 Å². The third-order valence-corrected chi connectivity index (χ3v) is 2.70. The van der Waals surface area contributed by atoms with Crippen molar-refractivity contribution in [2.24, 2.45) is 0 Å². The highest BCUT2D eigenvalue weighted by Gasteiger charge is 2.14. The van der Waals surface area contributed by atoms with Crippen molar-refractivity contribution in [3.05, 3.63) is 47.3 Å². The molecule has 2 rings (SSSR count). The maximum Gasteiger partial charge on any atom is 0.354 e. The molecule has 0 aromatic carbocycles. The molecule has 2 aromatic rings. The minimum Gasteiger partial charge on any atom is -0.477 e. The summed E-state index contributed by atoms with van der Waals surface area (Å²) in [5.74, 6) is -0.299. The molecule has 5 heteroatoms. The second kappa shape index (κ2) is 4.37. The summed E-state index contributed by atoms with van der Waals surface area (Å²) in [5.41, 5.74) is 2.08. The largest absolute Gasteiger partial charge is 0.477 e. The Kier molecular flexibility index (Phi) is 2.91. The van der Waals surface area contributed by atoms with Crippen LogP contribution in [-0.2, 0) is 6.54 Å². The number of imidazole rings is 1. The second-order valence-corrected chi connectivity index (χ2v) is 3.85. The van der Waals surface area contributed by atoms with Gasteiger partial charge in [0.15, 0.2) is 0 Å². The summed E-state index contributed by atoms with van der Waals surface area (Å²) < 4.78 is 1.65.